The minimum absolute atomic E-state index is 0.0102. The van der Waals surface area contributed by atoms with Gasteiger partial charge in [-0.1, -0.05) is 85.2 Å². The second-order valence-corrected chi connectivity index (χ2v) is 16.8. The maximum atomic E-state index is 14.3. The number of aliphatic hydroxyl groups excluding tert-OH is 2. The molecule has 1 fully saturated rings. The van der Waals surface area contributed by atoms with Crippen molar-refractivity contribution < 1.29 is 38.9 Å². The number of nitrogens with one attached hydrogen (secondary N) is 3. The molecule has 326 valence electrons. The Morgan fingerprint density at radius 2 is 1.58 bits per heavy atom. The van der Waals surface area contributed by atoms with Gasteiger partial charge in [0, 0.05) is 34.4 Å². The first kappa shape index (κ1) is 50.0. The van der Waals surface area contributed by atoms with E-state index in [9.17, 15) is 29.4 Å². The quantitative estimate of drug-likeness (QED) is 0.0731. The molecule has 1 aliphatic heterocycles. The predicted octanol–water partition coefficient (Wildman–Crippen LogP) is 2.65. The number of carbonyl (C=O) groups is 4. The van der Waals surface area contributed by atoms with Crippen molar-refractivity contribution in [2.24, 2.45) is 23.7 Å². The number of likely N-dealkylation sites (tertiary alicyclic amines) is 1. The number of nitrogens with zero attached hydrogens (tertiary/aromatic N) is 3. The molecule has 1 aromatic rings. The number of hydrogen-bond acceptors (Lipinski definition) is 10. The molecular formula is C43H76N6O8. The van der Waals surface area contributed by atoms with Crippen LogP contribution in [0.1, 0.15) is 86.1 Å². The maximum Gasteiger partial charge on any atom is 0.245 e. The Labute approximate surface area is 342 Å². The van der Waals surface area contributed by atoms with Crippen molar-refractivity contribution in [3.63, 3.8) is 0 Å². The van der Waals surface area contributed by atoms with E-state index in [0.717, 1.165) is 18.4 Å². The zero-order valence-electron chi connectivity index (χ0n) is 36.9. The molecule has 5 N–H and O–H groups in total. The highest BCUT2D eigenvalue weighted by Crippen LogP contribution is 2.30. The lowest BCUT2D eigenvalue weighted by molar-refractivity contribution is -0.148. The van der Waals surface area contributed by atoms with Crippen LogP contribution >= 0.6 is 0 Å². The zero-order chi connectivity index (χ0) is 43.0. The van der Waals surface area contributed by atoms with Crippen LogP contribution in [0.3, 0.4) is 0 Å². The molecule has 0 aromatic heterocycles. The highest BCUT2D eigenvalue weighted by atomic mass is 16.5. The Morgan fingerprint density at radius 1 is 0.930 bits per heavy atom. The summed E-state index contributed by atoms with van der Waals surface area (Å²) in [5.41, 5.74) is 0.943. The first-order valence-electron chi connectivity index (χ1n) is 20.9. The number of ether oxygens (including phenoxy) is 2. The number of benzene rings is 1. The number of aliphatic hydroxyl groups is 2. The SMILES string of the molecule is CC[C@H](C)[C@@H]([C@@H](CC(=O)N1CCC[C@H]1[C@H](OC)[C@@H](C)C(=O)N[C@@H](Cc1ccccc1)C(O)NCCCO)OC)N(C)C(=O)[C@@H](NC(=O)[C@H](C(C)C)N(C)C)C(C)C. The van der Waals surface area contributed by atoms with Gasteiger partial charge in [-0.25, -0.2) is 0 Å². The van der Waals surface area contributed by atoms with Gasteiger partial charge in [0.25, 0.3) is 0 Å². The van der Waals surface area contributed by atoms with E-state index in [-0.39, 0.29) is 60.5 Å². The van der Waals surface area contributed by atoms with Crippen LogP contribution in [0, 0.1) is 23.7 Å². The average Bonchev–Trinajstić information content (AvgIpc) is 3.65. The molecule has 14 nitrogen and oxygen atoms in total. The number of carbonyl (C=O) groups excluding carboxylic acids is 4. The summed E-state index contributed by atoms with van der Waals surface area (Å²) in [6.45, 7) is 14.5. The lowest BCUT2D eigenvalue weighted by Gasteiger charge is -2.41. The van der Waals surface area contributed by atoms with E-state index in [2.05, 4.69) is 16.0 Å². The molecule has 0 bridgehead atoms. The molecule has 1 aromatic carbocycles. The number of likely N-dealkylation sites (N-methyl/N-ethyl adjacent to an activating group) is 2. The minimum Gasteiger partial charge on any atom is -0.396 e. The second-order valence-electron chi connectivity index (χ2n) is 16.8. The van der Waals surface area contributed by atoms with Gasteiger partial charge in [-0.3, -0.25) is 29.4 Å². The Bertz CT molecular complexity index is 1360. The summed E-state index contributed by atoms with van der Waals surface area (Å²) in [5, 5.41) is 29.3. The normalized spacial score (nSPS) is 19.4. The van der Waals surface area contributed by atoms with Gasteiger partial charge in [0.05, 0.1) is 48.7 Å². The van der Waals surface area contributed by atoms with Crippen LogP contribution < -0.4 is 16.0 Å². The highest BCUT2D eigenvalue weighted by Gasteiger charge is 2.43. The van der Waals surface area contributed by atoms with Gasteiger partial charge in [0.15, 0.2) is 0 Å². The van der Waals surface area contributed by atoms with Gasteiger partial charge in [0.2, 0.25) is 23.6 Å². The fourth-order valence-electron chi connectivity index (χ4n) is 8.31. The predicted molar refractivity (Wildman–Crippen MR) is 223 cm³/mol. The van der Waals surface area contributed by atoms with Gasteiger partial charge in [-0.15, -0.1) is 0 Å². The lowest BCUT2D eigenvalue weighted by atomic mass is 9.89. The van der Waals surface area contributed by atoms with E-state index < -0.39 is 48.5 Å². The summed E-state index contributed by atoms with van der Waals surface area (Å²) in [5.74, 6) is -1.76. The number of amides is 4. The van der Waals surface area contributed by atoms with Crippen LogP contribution in [0.4, 0.5) is 0 Å². The molecule has 14 heteroatoms. The van der Waals surface area contributed by atoms with Gasteiger partial charge in [0.1, 0.15) is 12.3 Å². The van der Waals surface area contributed by atoms with Crippen molar-refractivity contribution >= 4 is 23.6 Å². The van der Waals surface area contributed by atoms with Crippen molar-refractivity contribution in [3.05, 3.63) is 35.9 Å². The molecule has 1 heterocycles. The van der Waals surface area contributed by atoms with Gasteiger partial charge < -0.3 is 40.1 Å². The molecule has 0 spiro atoms. The van der Waals surface area contributed by atoms with Crippen LogP contribution in [0.5, 0.6) is 0 Å². The van der Waals surface area contributed by atoms with Gasteiger partial charge in [-0.2, -0.15) is 0 Å². The third-order valence-corrected chi connectivity index (χ3v) is 11.6. The molecular weight excluding hydrogens is 729 g/mol. The van der Waals surface area contributed by atoms with Crippen LogP contribution in [-0.2, 0) is 35.1 Å². The molecule has 1 aliphatic rings. The molecule has 1 saturated heterocycles. The van der Waals surface area contributed by atoms with E-state index in [1.165, 1.54) is 0 Å². The summed E-state index contributed by atoms with van der Waals surface area (Å²) in [6.07, 6.45) is 0.624. The van der Waals surface area contributed by atoms with Crippen LogP contribution in [0.2, 0.25) is 0 Å². The summed E-state index contributed by atoms with van der Waals surface area (Å²) in [7, 11) is 8.54. The fourth-order valence-corrected chi connectivity index (χ4v) is 8.31. The van der Waals surface area contributed by atoms with E-state index in [1.807, 2.05) is 90.9 Å². The molecule has 0 aliphatic carbocycles. The largest absolute Gasteiger partial charge is 0.396 e. The van der Waals surface area contributed by atoms with Gasteiger partial charge >= 0.3 is 0 Å². The Morgan fingerprint density at radius 3 is 2.11 bits per heavy atom. The second kappa shape index (κ2) is 24.7. The maximum absolute atomic E-state index is 14.3. The zero-order valence-corrected chi connectivity index (χ0v) is 36.9. The van der Waals surface area contributed by atoms with Crippen molar-refractivity contribution in [3.8, 4) is 0 Å². The van der Waals surface area contributed by atoms with Crippen LogP contribution in [-0.4, -0.2) is 152 Å². The average molecular weight is 805 g/mol. The molecule has 2 rings (SSSR count). The Hall–Kier alpha value is -3.14. The molecule has 1 unspecified atom stereocenters. The monoisotopic (exact) mass is 805 g/mol. The van der Waals surface area contributed by atoms with Gasteiger partial charge in [-0.05, 0) is 69.6 Å². The lowest BCUT2D eigenvalue weighted by Crippen LogP contribution is -2.59. The van der Waals surface area contributed by atoms with Crippen molar-refractivity contribution in [2.45, 2.75) is 136 Å². The summed E-state index contributed by atoms with van der Waals surface area (Å²) in [6, 6.07) is 6.90. The highest BCUT2D eigenvalue weighted by molar-refractivity contribution is 5.90. The summed E-state index contributed by atoms with van der Waals surface area (Å²) in [4.78, 5) is 61.2. The molecule has 4 amide bonds. The Kier molecular flexibility index (Phi) is 21.7. The van der Waals surface area contributed by atoms with E-state index >= 15 is 0 Å². The van der Waals surface area contributed by atoms with E-state index in [4.69, 9.17) is 9.47 Å². The first-order chi connectivity index (χ1) is 26.9. The molecule has 10 atom stereocenters. The van der Waals surface area contributed by atoms with Crippen LogP contribution in [0.15, 0.2) is 30.3 Å². The molecule has 0 radical (unpaired) electrons. The van der Waals surface area contributed by atoms with Crippen molar-refractivity contribution in [2.75, 3.05) is 55.1 Å². The standard InChI is InChI=1S/C43H76N6O8/c1-13-29(6)38(48(10)43(55)36(27(2)3)46-42(54)37(28(4)5)47(8)9)34(56-11)26-35(51)49-23-17-21-33(49)39(57-12)30(7)40(52)45-32(41(53)44-22-18-24-50)25-31-19-15-14-16-20-31/h14-16,19-20,27-30,32-34,36-39,41,44,50,53H,13,17-18,21-26H2,1-12H3,(H,45,52)(H,46,54)/t29-,30+,32-,33-,34+,36-,37-,38-,39+,41?/m0/s1. The third kappa shape index (κ3) is 14.3. The molecule has 57 heavy (non-hydrogen) atoms. The first-order valence-corrected chi connectivity index (χ1v) is 20.9. The smallest absolute Gasteiger partial charge is 0.245 e. The Balaban J connectivity index is 2.29. The fraction of sp³-hybridized carbons (Fsp3) is 0.767. The van der Waals surface area contributed by atoms with Crippen molar-refractivity contribution in [1.29, 1.82) is 0 Å². The molecule has 0 saturated carbocycles. The minimum atomic E-state index is -1.06. The van der Waals surface area contributed by atoms with Crippen molar-refractivity contribution in [1.82, 2.24) is 30.7 Å². The van der Waals surface area contributed by atoms with Crippen LogP contribution in [0.25, 0.3) is 0 Å². The topological polar surface area (TPSA) is 173 Å². The number of rotatable bonds is 25. The number of hydrogen-bond donors (Lipinski definition) is 5. The van der Waals surface area contributed by atoms with E-state index in [0.29, 0.717) is 32.4 Å². The van der Waals surface area contributed by atoms with E-state index in [1.54, 1.807) is 38.0 Å². The number of methoxy groups -OCH3 is 2. The summed E-state index contributed by atoms with van der Waals surface area (Å²) >= 11 is 0. The summed E-state index contributed by atoms with van der Waals surface area (Å²) < 4.78 is 12.0. The third-order valence-electron chi connectivity index (χ3n) is 11.6.